The van der Waals surface area contributed by atoms with E-state index in [0.717, 1.165) is 4.90 Å². The summed E-state index contributed by atoms with van der Waals surface area (Å²) in [5, 5.41) is 2.76. The van der Waals surface area contributed by atoms with Gasteiger partial charge < -0.3 is 19.5 Å². The van der Waals surface area contributed by atoms with Crippen LogP contribution < -0.4 is 14.8 Å². The maximum atomic E-state index is 13.2. The number of para-hydroxylation sites is 2. The minimum atomic E-state index is -1.21. The first-order valence-corrected chi connectivity index (χ1v) is 9.78. The predicted octanol–water partition coefficient (Wildman–Crippen LogP) is 2.36. The maximum Gasteiger partial charge on any atom is 0.326 e. The third kappa shape index (κ3) is 3.45. The van der Waals surface area contributed by atoms with Gasteiger partial charge in [-0.15, -0.1) is 0 Å². The highest BCUT2D eigenvalue weighted by Gasteiger charge is 2.55. The van der Waals surface area contributed by atoms with Gasteiger partial charge in [0.1, 0.15) is 24.7 Å². The third-order valence-corrected chi connectivity index (χ3v) is 5.21. The van der Waals surface area contributed by atoms with Crippen LogP contribution in [0.5, 0.6) is 11.5 Å². The lowest BCUT2D eigenvalue weighted by Crippen LogP contribution is -2.47. The van der Waals surface area contributed by atoms with Crippen LogP contribution >= 0.6 is 0 Å². The largest absolute Gasteiger partial charge is 0.493 e. The normalized spacial score (nSPS) is 19.8. The molecule has 0 saturated carbocycles. The van der Waals surface area contributed by atoms with Crippen molar-refractivity contribution in [1.82, 2.24) is 10.2 Å². The van der Waals surface area contributed by atoms with Gasteiger partial charge in [0.25, 0.3) is 5.91 Å². The topological polar surface area (TPSA) is 94.2 Å². The van der Waals surface area contributed by atoms with Crippen LogP contribution in [0.25, 0.3) is 0 Å². The lowest BCUT2D eigenvalue weighted by atomic mass is 9.84. The van der Waals surface area contributed by atoms with Crippen molar-refractivity contribution in [3.8, 4) is 11.5 Å². The van der Waals surface area contributed by atoms with Crippen molar-refractivity contribution in [2.45, 2.75) is 25.5 Å². The molecule has 0 aliphatic carbocycles. The van der Waals surface area contributed by atoms with Gasteiger partial charge in [-0.25, -0.2) is 4.79 Å². The van der Waals surface area contributed by atoms with Crippen LogP contribution in [0.4, 0.5) is 4.79 Å². The summed E-state index contributed by atoms with van der Waals surface area (Å²) < 4.78 is 16.4. The zero-order valence-corrected chi connectivity index (χ0v) is 16.6. The highest BCUT2D eigenvalue weighted by atomic mass is 16.5. The van der Waals surface area contributed by atoms with E-state index < -0.39 is 30.0 Å². The average Bonchev–Trinajstić information content (AvgIpc) is 2.98. The molecule has 2 aliphatic heterocycles. The molecule has 8 nitrogen and oxygen atoms in total. The minimum absolute atomic E-state index is 0.0134. The number of rotatable bonds is 6. The number of hydrogen-bond donors (Lipinski definition) is 1. The smallest absolute Gasteiger partial charge is 0.326 e. The molecule has 0 unspecified atom stereocenters. The Labute approximate surface area is 173 Å². The third-order valence-electron chi connectivity index (χ3n) is 5.21. The first-order chi connectivity index (χ1) is 14.5. The average molecular weight is 410 g/mol. The van der Waals surface area contributed by atoms with E-state index in [2.05, 4.69) is 5.32 Å². The number of carbonyl (C=O) groups is 3. The molecule has 2 aliphatic rings. The summed E-state index contributed by atoms with van der Waals surface area (Å²) in [4.78, 5) is 39.0. The minimum Gasteiger partial charge on any atom is -0.493 e. The molecule has 156 valence electrons. The quantitative estimate of drug-likeness (QED) is 0.580. The van der Waals surface area contributed by atoms with Crippen molar-refractivity contribution in [1.29, 1.82) is 0 Å². The molecule has 0 bridgehead atoms. The van der Waals surface area contributed by atoms with Crippen molar-refractivity contribution in [3.63, 3.8) is 0 Å². The number of hydrogen-bond acceptors (Lipinski definition) is 6. The molecule has 3 amide bonds. The second-order valence-electron chi connectivity index (χ2n) is 7.02. The standard InChI is InChI=1S/C22H22N2O6/c1-2-28-17-9-5-3-7-15(17)14-30-19(25)13-24-20(26)22(23-21(24)27)11-12-29-18-10-6-4-8-16(18)22/h3-10H,2,11-14H2,1H3,(H,23,27)/t22-/m0/s1. The van der Waals surface area contributed by atoms with E-state index in [1.165, 1.54) is 0 Å². The van der Waals surface area contributed by atoms with E-state index in [4.69, 9.17) is 14.2 Å². The van der Waals surface area contributed by atoms with Crippen LogP contribution in [-0.2, 0) is 26.5 Å². The summed E-state index contributed by atoms with van der Waals surface area (Å²) in [5.41, 5.74) is 0.0872. The van der Waals surface area contributed by atoms with Gasteiger partial charge in [-0.2, -0.15) is 0 Å². The molecule has 1 fully saturated rings. The van der Waals surface area contributed by atoms with Crippen molar-refractivity contribution >= 4 is 17.9 Å². The molecule has 1 saturated heterocycles. The number of nitrogens with one attached hydrogen (secondary N) is 1. The number of nitrogens with zero attached hydrogens (tertiary/aromatic N) is 1. The summed E-state index contributed by atoms with van der Waals surface area (Å²) >= 11 is 0. The maximum absolute atomic E-state index is 13.2. The molecule has 1 atom stereocenters. The number of ether oxygens (including phenoxy) is 3. The highest BCUT2D eigenvalue weighted by molar-refractivity contribution is 6.09. The molecule has 0 aromatic heterocycles. The van der Waals surface area contributed by atoms with E-state index >= 15 is 0 Å². The van der Waals surface area contributed by atoms with Crippen LogP contribution in [0.3, 0.4) is 0 Å². The Morgan fingerprint density at radius 1 is 1.17 bits per heavy atom. The van der Waals surface area contributed by atoms with Crippen LogP contribution in [0, 0.1) is 0 Å². The number of urea groups is 1. The van der Waals surface area contributed by atoms with Gasteiger partial charge in [0, 0.05) is 17.5 Å². The molecule has 30 heavy (non-hydrogen) atoms. The van der Waals surface area contributed by atoms with Crippen LogP contribution in [0.15, 0.2) is 48.5 Å². The van der Waals surface area contributed by atoms with Gasteiger partial charge in [0.15, 0.2) is 5.54 Å². The molecule has 0 radical (unpaired) electrons. The number of carbonyl (C=O) groups excluding carboxylic acids is 3. The van der Waals surface area contributed by atoms with Crippen molar-refractivity contribution in [2.75, 3.05) is 19.8 Å². The Morgan fingerprint density at radius 3 is 2.77 bits per heavy atom. The van der Waals surface area contributed by atoms with E-state index in [1.807, 2.05) is 19.1 Å². The predicted molar refractivity (Wildman–Crippen MR) is 106 cm³/mol. The lowest BCUT2D eigenvalue weighted by Gasteiger charge is -2.33. The summed E-state index contributed by atoms with van der Waals surface area (Å²) in [6.45, 7) is 2.16. The summed E-state index contributed by atoms with van der Waals surface area (Å²) in [7, 11) is 0. The number of benzene rings is 2. The van der Waals surface area contributed by atoms with E-state index in [9.17, 15) is 14.4 Å². The molecule has 2 aromatic carbocycles. The van der Waals surface area contributed by atoms with Crippen molar-refractivity contribution < 1.29 is 28.6 Å². The Kier molecular flexibility index (Phi) is 5.31. The lowest BCUT2D eigenvalue weighted by molar-refractivity contribution is -0.149. The summed E-state index contributed by atoms with van der Waals surface area (Å²) in [5.74, 6) is 0.0204. The van der Waals surface area contributed by atoms with Gasteiger partial charge in [-0.05, 0) is 19.1 Å². The van der Waals surface area contributed by atoms with E-state index in [0.29, 0.717) is 35.7 Å². The summed E-state index contributed by atoms with van der Waals surface area (Å²) in [6.07, 6.45) is 0.294. The number of imide groups is 1. The number of fused-ring (bicyclic) bond motifs is 2. The van der Waals surface area contributed by atoms with Gasteiger partial charge in [-0.1, -0.05) is 36.4 Å². The fourth-order valence-corrected chi connectivity index (χ4v) is 3.77. The fourth-order valence-electron chi connectivity index (χ4n) is 3.77. The monoisotopic (exact) mass is 410 g/mol. The van der Waals surface area contributed by atoms with Gasteiger partial charge in [0.2, 0.25) is 0 Å². The van der Waals surface area contributed by atoms with Crippen LogP contribution in [0.1, 0.15) is 24.5 Å². The highest BCUT2D eigenvalue weighted by Crippen LogP contribution is 2.40. The summed E-state index contributed by atoms with van der Waals surface area (Å²) in [6, 6.07) is 13.7. The number of esters is 1. The van der Waals surface area contributed by atoms with Gasteiger partial charge >= 0.3 is 12.0 Å². The SMILES string of the molecule is CCOc1ccccc1COC(=O)CN1C(=O)N[C@]2(CCOc3ccccc32)C1=O. The molecule has 4 rings (SSSR count). The first kappa shape index (κ1) is 19.8. The molecule has 2 heterocycles. The Bertz CT molecular complexity index is 991. The zero-order valence-electron chi connectivity index (χ0n) is 16.6. The molecule has 2 aromatic rings. The number of amides is 3. The Hall–Kier alpha value is -3.55. The molecule has 1 spiro atoms. The fraction of sp³-hybridized carbons (Fsp3) is 0.318. The van der Waals surface area contributed by atoms with Crippen LogP contribution in [-0.4, -0.2) is 42.6 Å². The molecular weight excluding hydrogens is 388 g/mol. The molecule has 8 heteroatoms. The van der Waals surface area contributed by atoms with Crippen molar-refractivity contribution in [2.24, 2.45) is 0 Å². The molecule has 1 N–H and O–H groups in total. The Morgan fingerprint density at radius 2 is 1.93 bits per heavy atom. The van der Waals surface area contributed by atoms with E-state index in [-0.39, 0.29) is 13.2 Å². The van der Waals surface area contributed by atoms with Gasteiger partial charge in [-0.3, -0.25) is 14.5 Å². The van der Waals surface area contributed by atoms with Gasteiger partial charge in [0.05, 0.1) is 13.2 Å². The van der Waals surface area contributed by atoms with Crippen LogP contribution in [0.2, 0.25) is 0 Å². The van der Waals surface area contributed by atoms with E-state index in [1.54, 1.807) is 36.4 Å². The molecular formula is C22H22N2O6. The second-order valence-corrected chi connectivity index (χ2v) is 7.02. The first-order valence-electron chi connectivity index (χ1n) is 9.78. The van der Waals surface area contributed by atoms with Crippen molar-refractivity contribution in [3.05, 3.63) is 59.7 Å². The second kappa shape index (κ2) is 8.06. The zero-order chi connectivity index (χ0) is 21.1. The Balaban J connectivity index is 1.45.